The number of benzene rings is 1. The molecule has 2 heterocycles. The highest BCUT2D eigenvalue weighted by Gasteiger charge is 2.17. The molecule has 0 saturated carbocycles. The normalized spacial score (nSPS) is 11.1. The maximum absolute atomic E-state index is 12.8. The zero-order chi connectivity index (χ0) is 18.7. The summed E-state index contributed by atoms with van der Waals surface area (Å²) in [5, 5.41) is 2.79. The van der Waals surface area contributed by atoms with Crippen molar-refractivity contribution in [2.45, 2.75) is 26.8 Å². The highest BCUT2D eigenvalue weighted by atomic mass is 19.3. The van der Waals surface area contributed by atoms with E-state index in [0.717, 1.165) is 21.6 Å². The number of carbonyl (C=O) groups is 1. The average Bonchev–Trinajstić information content (AvgIpc) is 3.20. The minimum Gasteiger partial charge on any atom is -0.352 e. The third-order valence-corrected chi connectivity index (χ3v) is 4.28. The molecule has 5 nitrogen and oxygen atoms in total. The summed E-state index contributed by atoms with van der Waals surface area (Å²) in [5.41, 5.74) is 3.34. The summed E-state index contributed by atoms with van der Waals surface area (Å²) in [6.45, 7) is 1.43. The number of imidazole rings is 1. The van der Waals surface area contributed by atoms with Crippen molar-refractivity contribution in [3.8, 4) is 5.69 Å². The van der Waals surface area contributed by atoms with E-state index in [4.69, 9.17) is 0 Å². The molecule has 1 N–H and O–H groups in total. The van der Waals surface area contributed by atoms with Crippen molar-refractivity contribution in [1.82, 2.24) is 19.4 Å². The van der Waals surface area contributed by atoms with E-state index in [9.17, 15) is 13.6 Å². The van der Waals surface area contributed by atoms with Crippen LogP contribution in [0.4, 0.5) is 8.78 Å². The lowest BCUT2D eigenvalue weighted by atomic mass is 10.2. The topological polar surface area (TPSA) is 51.9 Å². The lowest BCUT2D eigenvalue weighted by Gasteiger charge is -2.10. The molecule has 1 aromatic carbocycles. The van der Waals surface area contributed by atoms with E-state index in [-0.39, 0.29) is 24.7 Å². The van der Waals surface area contributed by atoms with Crippen LogP contribution in [0.3, 0.4) is 0 Å². The number of para-hydroxylation sites is 1. The molecule has 0 radical (unpaired) electrons. The number of aromatic nitrogens is 3. The molecule has 0 aliphatic heterocycles. The van der Waals surface area contributed by atoms with Crippen LogP contribution in [0.25, 0.3) is 5.69 Å². The molecule has 0 unspecified atom stereocenters. The Labute approximate surface area is 150 Å². The molecule has 0 atom stereocenters. The molecule has 136 valence electrons. The van der Waals surface area contributed by atoms with E-state index < -0.39 is 6.55 Å². The predicted molar refractivity (Wildman–Crippen MR) is 94.8 cm³/mol. The zero-order valence-electron chi connectivity index (χ0n) is 14.6. The van der Waals surface area contributed by atoms with E-state index in [0.29, 0.717) is 5.56 Å². The van der Waals surface area contributed by atoms with Crippen LogP contribution in [0.2, 0.25) is 0 Å². The van der Waals surface area contributed by atoms with Gasteiger partial charge in [-0.15, -0.1) is 0 Å². The van der Waals surface area contributed by atoms with Crippen LogP contribution >= 0.6 is 0 Å². The van der Waals surface area contributed by atoms with Crippen LogP contribution in [0.1, 0.15) is 34.1 Å². The summed E-state index contributed by atoms with van der Waals surface area (Å²) in [6.07, 6.45) is 2.80. The van der Waals surface area contributed by atoms with Gasteiger partial charge in [0.1, 0.15) is 5.82 Å². The predicted octanol–water partition coefficient (Wildman–Crippen LogP) is 3.66. The number of rotatable bonds is 6. The van der Waals surface area contributed by atoms with Crippen LogP contribution in [0, 0.1) is 13.8 Å². The van der Waals surface area contributed by atoms with E-state index >= 15 is 0 Å². The third kappa shape index (κ3) is 3.51. The first kappa shape index (κ1) is 17.8. The van der Waals surface area contributed by atoms with Gasteiger partial charge in [0.2, 0.25) is 0 Å². The summed E-state index contributed by atoms with van der Waals surface area (Å²) in [5.74, 6) is 0.0190. The molecule has 1 amide bonds. The quantitative estimate of drug-likeness (QED) is 0.731. The number of nitrogens with zero attached hydrogens (tertiary/aromatic N) is 3. The number of amides is 1. The average molecular weight is 358 g/mol. The number of hydrogen-bond acceptors (Lipinski definition) is 2. The van der Waals surface area contributed by atoms with Gasteiger partial charge in [0.05, 0.1) is 5.56 Å². The lowest BCUT2D eigenvalue weighted by molar-refractivity contribution is 0.0670. The first-order chi connectivity index (χ1) is 12.5. The molecule has 0 spiro atoms. The van der Waals surface area contributed by atoms with Crippen molar-refractivity contribution >= 4 is 5.91 Å². The van der Waals surface area contributed by atoms with Gasteiger partial charge >= 0.3 is 6.55 Å². The fourth-order valence-electron chi connectivity index (χ4n) is 3.07. The molecular formula is C19H20F2N4O. The van der Waals surface area contributed by atoms with E-state index in [2.05, 4.69) is 10.3 Å². The summed E-state index contributed by atoms with van der Waals surface area (Å²) in [7, 11) is 0. The van der Waals surface area contributed by atoms with Crippen LogP contribution in [-0.2, 0) is 6.42 Å². The van der Waals surface area contributed by atoms with Gasteiger partial charge in [0, 0.05) is 42.4 Å². The molecule has 2 aromatic heterocycles. The van der Waals surface area contributed by atoms with Crippen LogP contribution in [0.5, 0.6) is 0 Å². The van der Waals surface area contributed by atoms with Gasteiger partial charge in [-0.3, -0.25) is 9.36 Å². The Balaban J connectivity index is 1.70. The molecule has 0 saturated heterocycles. The fourth-order valence-corrected chi connectivity index (χ4v) is 3.07. The van der Waals surface area contributed by atoms with Crippen molar-refractivity contribution in [3.63, 3.8) is 0 Å². The van der Waals surface area contributed by atoms with E-state index in [1.165, 1.54) is 12.4 Å². The van der Waals surface area contributed by atoms with Crippen LogP contribution in [-0.4, -0.2) is 26.6 Å². The van der Waals surface area contributed by atoms with Gasteiger partial charge in [-0.1, -0.05) is 18.2 Å². The maximum atomic E-state index is 12.8. The number of nitrogens with one attached hydrogen (secondary N) is 1. The molecule has 0 aliphatic carbocycles. The van der Waals surface area contributed by atoms with Gasteiger partial charge in [0.15, 0.2) is 0 Å². The fraction of sp³-hybridized carbons (Fsp3) is 0.263. The van der Waals surface area contributed by atoms with Crippen molar-refractivity contribution in [1.29, 1.82) is 0 Å². The molecule has 0 fully saturated rings. The van der Waals surface area contributed by atoms with Crippen molar-refractivity contribution in [3.05, 3.63) is 71.6 Å². The standard InChI is InChI=1S/C19H20F2N4O/c1-13-12-16(14(2)25(13)15-6-4-3-5-7-15)18(26)23-9-8-17-22-10-11-24(17)19(20)21/h3-7,10-12,19H,8-9H2,1-2H3,(H,23,26). The van der Waals surface area contributed by atoms with Gasteiger partial charge in [0.25, 0.3) is 5.91 Å². The number of halogens is 2. The highest BCUT2D eigenvalue weighted by molar-refractivity contribution is 5.95. The molecule has 3 rings (SSSR count). The van der Waals surface area contributed by atoms with Gasteiger partial charge < -0.3 is 9.88 Å². The Morgan fingerprint density at radius 2 is 1.96 bits per heavy atom. The molecule has 0 aliphatic rings. The molecule has 0 bridgehead atoms. The minimum atomic E-state index is -2.63. The molecule has 3 aromatic rings. The SMILES string of the molecule is Cc1cc(C(=O)NCCc2nccn2C(F)F)c(C)n1-c1ccccc1. The Kier molecular flexibility index (Phi) is 5.16. The van der Waals surface area contributed by atoms with Crippen molar-refractivity contribution < 1.29 is 13.6 Å². The van der Waals surface area contributed by atoms with Gasteiger partial charge in [-0.2, -0.15) is 8.78 Å². The lowest BCUT2D eigenvalue weighted by Crippen LogP contribution is -2.27. The van der Waals surface area contributed by atoms with E-state index in [1.54, 1.807) is 0 Å². The summed E-state index contributed by atoms with van der Waals surface area (Å²) in [4.78, 5) is 16.4. The van der Waals surface area contributed by atoms with Gasteiger partial charge in [-0.05, 0) is 32.0 Å². The first-order valence-electron chi connectivity index (χ1n) is 8.31. The second kappa shape index (κ2) is 7.51. The number of alkyl halides is 2. The summed E-state index contributed by atoms with van der Waals surface area (Å²) in [6, 6.07) is 11.6. The van der Waals surface area contributed by atoms with Crippen molar-refractivity contribution in [2.75, 3.05) is 6.54 Å². The molecular weight excluding hydrogens is 338 g/mol. The zero-order valence-corrected chi connectivity index (χ0v) is 14.6. The van der Waals surface area contributed by atoms with Crippen molar-refractivity contribution in [2.24, 2.45) is 0 Å². The Morgan fingerprint density at radius 3 is 2.65 bits per heavy atom. The number of carbonyl (C=O) groups excluding carboxylic acids is 1. The largest absolute Gasteiger partial charge is 0.352 e. The number of hydrogen-bond donors (Lipinski definition) is 1. The molecule has 7 heteroatoms. The Hall–Kier alpha value is -2.96. The second-order valence-corrected chi connectivity index (χ2v) is 5.99. The minimum absolute atomic E-state index is 0.226. The Bertz CT molecular complexity index is 900. The second-order valence-electron chi connectivity index (χ2n) is 5.99. The first-order valence-corrected chi connectivity index (χ1v) is 8.31. The van der Waals surface area contributed by atoms with E-state index in [1.807, 2.05) is 54.8 Å². The highest BCUT2D eigenvalue weighted by Crippen LogP contribution is 2.20. The molecule has 26 heavy (non-hydrogen) atoms. The smallest absolute Gasteiger partial charge is 0.319 e. The Morgan fingerprint density at radius 1 is 1.23 bits per heavy atom. The monoisotopic (exact) mass is 358 g/mol. The third-order valence-electron chi connectivity index (χ3n) is 4.28. The van der Waals surface area contributed by atoms with Crippen LogP contribution < -0.4 is 5.32 Å². The van der Waals surface area contributed by atoms with Gasteiger partial charge in [-0.25, -0.2) is 4.98 Å². The maximum Gasteiger partial charge on any atom is 0.319 e. The summed E-state index contributed by atoms with van der Waals surface area (Å²) >= 11 is 0. The summed E-state index contributed by atoms with van der Waals surface area (Å²) < 4.78 is 28.4. The van der Waals surface area contributed by atoms with Crippen LogP contribution in [0.15, 0.2) is 48.8 Å². The number of aryl methyl sites for hydroxylation is 1.